The van der Waals surface area contributed by atoms with Gasteiger partial charge in [0, 0.05) is 12.2 Å². The van der Waals surface area contributed by atoms with Gasteiger partial charge in [0.15, 0.2) is 0 Å². The first kappa shape index (κ1) is 14.0. The van der Waals surface area contributed by atoms with Crippen LogP contribution in [-0.2, 0) is 12.8 Å². The van der Waals surface area contributed by atoms with E-state index in [0.29, 0.717) is 0 Å². The Morgan fingerprint density at radius 2 is 1.67 bits per heavy atom. The van der Waals surface area contributed by atoms with E-state index in [1.165, 1.54) is 16.8 Å². The van der Waals surface area contributed by atoms with Gasteiger partial charge in [-0.1, -0.05) is 39.8 Å². The second kappa shape index (κ2) is 8.34. The third-order valence-electron chi connectivity index (χ3n) is 2.33. The summed E-state index contributed by atoms with van der Waals surface area (Å²) in [4.78, 5) is 0. The molecule has 0 amide bonds. The van der Waals surface area contributed by atoms with Crippen LogP contribution in [0.4, 0.5) is 5.69 Å². The molecule has 1 aromatic rings. The van der Waals surface area contributed by atoms with Crippen LogP contribution in [0.15, 0.2) is 18.2 Å². The molecule has 0 radical (unpaired) electrons. The monoisotopic (exact) mass is 207 g/mol. The Morgan fingerprint density at radius 3 is 2.13 bits per heavy atom. The zero-order valence-electron chi connectivity index (χ0n) is 10.9. The summed E-state index contributed by atoms with van der Waals surface area (Å²) in [7, 11) is 0. The third-order valence-corrected chi connectivity index (χ3v) is 2.33. The lowest BCUT2D eigenvalue weighted by molar-refractivity contribution is 1.08. The van der Waals surface area contributed by atoms with Crippen LogP contribution in [0.1, 0.15) is 45.7 Å². The highest BCUT2D eigenvalue weighted by molar-refractivity contribution is 5.53. The Balaban J connectivity index is 0.000000921. The molecule has 1 heteroatoms. The second-order valence-electron chi connectivity index (χ2n) is 3.23. The number of aryl methyl sites for hydroxylation is 2. The Kier molecular flexibility index (Phi) is 7.79. The third kappa shape index (κ3) is 4.37. The maximum absolute atomic E-state index is 3.40. The van der Waals surface area contributed by atoms with Crippen molar-refractivity contribution in [1.29, 1.82) is 0 Å². The van der Waals surface area contributed by atoms with Crippen molar-refractivity contribution < 1.29 is 0 Å². The molecule has 0 aliphatic heterocycles. The lowest BCUT2D eigenvalue weighted by Gasteiger charge is -2.10. The maximum atomic E-state index is 3.40. The normalized spacial score (nSPS) is 9.13. The molecule has 0 heterocycles. The summed E-state index contributed by atoms with van der Waals surface area (Å²) in [5, 5.41) is 3.40. The van der Waals surface area contributed by atoms with Crippen molar-refractivity contribution in [2.75, 3.05) is 11.9 Å². The van der Waals surface area contributed by atoms with Crippen LogP contribution in [0.5, 0.6) is 0 Å². The largest absolute Gasteiger partial charge is 0.385 e. The average molecular weight is 207 g/mol. The van der Waals surface area contributed by atoms with Gasteiger partial charge in [-0.3, -0.25) is 0 Å². The standard InChI is InChI=1S/C12H19N.C2H6/c1-4-10-7-8-11(5-2)12(9-10)13-6-3;1-2/h7-9,13H,4-6H2,1-3H3;1-2H3. The number of anilines is 1. The predicted molar refractivity (Wildman–Crippen MR) is 70.7 cm³/mol. The van der Waals surface area contributed by atoms with Gasteiger partial charge >= 0.3 is 0 Å². The summed E-state index contributed by atoms with van der Waals surface area (Å²) in [6.45, 7) is 11.5. The van der Waals surface area contributed by atoms with Crippen LogP contribution in [0.25, 0.3) is 0 Å². The number of nitrogens with one attached hydrogen (secondary N) is 1. The first-order chi connectivity index (χ1) is 7.31. The molecule has 0 aromatic heterocycles. The highest BCUT2D eigenvalue weighted by Crippen LogP contribution is 2.18. The molecule has 0 spiro atoms. The Morgan fingerprint density at radius 1 is 1.00 bits per heavy atom. The van der Waals surface area contributed by atoms with Gasteiger partial charge in [-0.15, -0.1) is 0 Å². The van der Waals surface area contributed by atoms with Crippen molar-refractivity contribution >= 4 is 5.69 Å². The minimum Gasteiger partial charge on any atom is -0.385 e. The summed E-state index contributed by atoms with van der Waals surface area (Å²) >= 11 is 0. The molecule has 0 saturated carbocycles. The fourth-order valence-corrected chi connectivity index (χ4v) is 1.51. The first-order valence-electron chi connectivity index (χ1n) is 6.17. The van der Waals surface area contributed by atoms with Gasteiger partial charge in [-0.05, 0) is 37.0 Å². The van der Waals surface area contributed by atoms with Crippen LogP contribution in [0.3, 0.4) is 0 Å². The van der Waals surface area contributed by atoms with Gasteiger partial charge in [0.1, 0.15) is 0 Å². The summed E-state index contributed by atoms with van der Waals surface area (Å²) < 4.78 is 0. The fourth-order valence-electron chi connectivity index (χ4n) is 1.51. The van der Waals surface area contributed by atoms with Crippen LogP contribution in [-0.4, -0.2) is 6.54 Å². The van der Waals surface area contributed by atoms with Crippen LogP contribution in [0, 0.1) is 0 Å². The average Bonchev–Trinajstić information content (AvgIpc) is 2.32. The maximum Gasteiger partial charge on any atom is 0.0375 e. The Labute approximate surface area is 94.9 Å². The lowest BCUT2D eigenvalue weighted by Crippen LogP contribution is -2.01. The number of hydrogen-bond acceptors (Lipinski definition) is 1. The molecule has 1 nitrogen and oxygen atoms in total. The summed E-state index contributed by atoms with van der Waals surface area (Å²) in [5.41, 5.74) is 4.14. The van der Waals surface area contributed by atoms with Crippen molar-refractivity contribution in [1.82, 2.24) is 0 Å². The molecule has 1 N–H and O–H groups in total. The van der Waals surface area contributed by atoms with E-state index in [1.807, 2.05) is 13.8 Å². The number of hydrogen-bond donors (Lipinski definition) is 1. The van der Waals surface area contributed by atoms with Gasteiger partial charge in [0.25, 0.3) is 0 Å². The van der Waals surface area contributed by atoms with E-state index in [9.17, 15) is 0 Å². The topological polar surface area (TPSA) is 12.0 Å². The summed E-state index contributed by atoms with van der Waals surface area (Å²) in [6.07, 6.45) is 2.22. The van der Waals surface area contributed by atoms with E-state index in [0.717, 1.165) is 19.4 Å². The molecular weight excluding hydrogens is 182 g/mol. The van der Waals surface area contributed by atoms with E-state index >= 15 is 0 Å². The molecular formula is C14H25N. The van der Waals surface area contributed by atoms with Crippen molar-refractivity contribution in [3.05, 3.63) is 29.3 Å². The van der Waals surface area contributed by atoms with Crippen molar-refractivity contribution in [2.45, 2.75) is 47.5 Å². The fraction of sp³-hybridized carbons (Fsp3) is 0.571. The van der Waals surface area contributed by atoms with Crippen LogP contribution < -0.4 is 5.32 Å². The van der Waals surface area contributed by atoms with Crippen molar-refractivity contribution in [2.24, 2.45) is 0 Å². The van der Waals surface area contributed by atoms with Crippen molar-refractivity contribution in [3.63, 3.8) is 0 Å². The lowest BCUT2D eigenvalue weighted by atomic mass is 10.1. The van der Waals surface area contributed by atoms with E-state index < -0.39 is 0 Å². The van der Waals surface area contributed by atoms with Crippen LogP contribution in [0.2, 0.25) is 0 Å². The minimum atomic E-state index is 1.00. The quantitative estimate of drug-likeness (QED) is 0.777. The molecule has 1 rings (SSSR count). The molecule has 0 atom stereocenters. The SMILES string of the molecule is CC.CCNc1cc(CC)ccc1CC. The summed E-state index contributed by atoms with van der Waals surface area (Å²) in [6, 6.07) is 6.72. The molecule has 0 bridgehead atoms. The Hall–Kier alpha value is -0.980. The molecule has 0 fully saturated rings. The highest BCUT2D eigenvalue weighted by Gasteiger charge is 1.99. The molecule has 15 heavy (non-hydrogen) atoms. The molecule has 0 unspecified atom stereocenters. The number of benzene rings is 1. The Bertz CT molecular complexity index is 266. The van der Waals surface area contributed by atoms with E-state index in [4.69, 9.17) is 0 Å². The van der Waals surface area contributed by atoms with Gasteiger partial charge in [-0.2, -0.15) is 0 Å². The zero-order chi connectivity index (χ0) is 11.7. The molecule has 1 aromatic carbocycles. The van der Waals surface area contributed by atoms with E-state index in [-0.39, 0.29) is 0 Å². The van der Waals surface area contributed by atoms with Gasteiger partial charge < -0.3 is 5.32 Å². The van der Waals surface area contributed by atoms with E-state index in [1.54, 1.807) is 0 Å². The van der Waals surface area contributed by atoms with Gasteiger partial charge in [0.2, 0.25) is 0 Å². The van der Waals surface area contributed by atoms with E-state index in [2.05, 4.69) is 44.3 Å². The van der Waals surface area contributed by atoms with Crippen molar-refractivity contribution in [3.8, 4) is 0 Å². The second-order valence-corrected chi connectivity index (χ2v) is 3.23. The zero-order valence-corrected chi connectivity index (χ0v) is 10.9. The molecule has 0 aliphatic rings. The van der Waals surface area contributed by atoms with Crippen LogP contribution >= 0.6 is 0 Å². The smallest absolute Gasteiger partial charge is 0.0375 e. The molecule has 86 valence electrons. The highest BCUT2D eigenvalue weighted by atomic mass is 14.9. The molecule has 0 aliphatic carbocycles. The predicted octanol–water partition coefficient (Wildman–Crippen LogP) is 4.27. The van der Waals surface area contributed by atoms with Gasteiger partial charge in [0.05, 0.1) is 0 Å². The number of rotatable bonds is 4. The van der Waals surface area contributed by atoms with Gasteiger partial charge in [-0.25, -0.2) is 0 Å². The first-order valence-corrected chi connectivity index (χ1v) is 6.17. The molecule has 0 saturated heterocycles. The minimum absolute atomic E-state index is 1.00. The summed E-state index contributed by atoms with van der Waals surface area (Å²) in [5.74, 6) is 0.